The topological polar surface area (TPSA) is 33.2 Å². The molecule has 0 aliphatic carbocycles. The van der Waals surface area contributed by atoms with Gasteiger partial charge in [0.05, 0.1) is 16.3 Å². The van der Waals surface area contributed by atoms with Crippen LogP contribution < -0.4 is 4.90 Å². The number of anilines is 1. The van der Waals surface area contributed by atoms with Crippen molar-refractivity contribution in [3.8, 4) is 0 Å². The summed E-state index contributed by atoms with van der Waals surface area (Å²) < 4.78 is 37.5. The fourth-order valence-electron chi connectivity index (χ4n) is 2.78. The third kappa shape index (κ3) is 3.40. The summed E-state index contributed by atoms with van der Waals surface area (Å²) in [5.74, 6) is 0.0657. The molecule has 0 fully saturated rings. The van der Waals surface area contributed by atoms with Crippen molar-refractivity contribution in [3.63, 3.8) is 0 Å². The summed E-state index contributed by atoms with van der Waals surface area (Å²) in [5.41, 5.74) is 1.26. The number of nitrogens with zero attached hydrogens (tertiary/aromatic N) is 2. The van der Waals surface area contributed by atoms with Gasteiger partial charge in [0.1, 0.15) is 0 Å². The van der Waals surface area contributed by atoms with Gasteiger partial charge in [-0.05, 0) is 37.1 Å². The van der Waals surface area contributed by atoms with Gasteiger partial charge in [0, 0.05) is 17.9 Å². The van der Waals surface area contributed by atoms with Crippen molar-refractivity contribution in [2.45, 2.75) is 30.6 Å². The molecule has 24 heavy (non-hydrogen) atoms. The highest BCUT2D eigenvalue weighted by molar-refractivity contribution is 7.99. The van der Waals surface area contributed by atoms with Crippen LogP contribution >= 0.6 is 11.8 Å². The summed E-state index contributed by atoms with van der Waals surface area (Å²) in [5, 5.41) is 0.400. The van der Waals surface area contributed by atoms with Crippen molar-refractivity contribution in [2.24, 2.45) is 0 Å². The number of para-hydroxylation sites is 1. The molecular weight excluding hydrogens is 337 g/mol. The summed E-state index contributed by atoms with van der Waals surface area (Å²) in [4.78, 5) is 18.1. The van der Waals surface area contributed by atoms with Crippen LogP contribution in [0.25, 0.3) is 0 Å². The second kappa shape index (κ2) is 6.47. The minimum absolute atomic E-state index is 0.0702. The average molecular weight is 352 g/mol. The first-order valence-corrected chi connectivity index (χ1v) is 8.41. The maximum absolute atomic E-state index is 12.5. The molecule has 7 heteroatoms. The molecule has 0 saturated carbocycles. The second-order valence-corrected chi connectivity index (χ2v) is 6.61. The summed E-state index contributed by atoms with van der Waals surface area (Å²) >= 11 is 1.14. The zero-order valence-corrected chi connectivity index (χ0v) is 13.7. The van der Waals surface area contributed by atoms with Crippen molar-refractivity contribution in [1.29, 1.82) is 0 Å². The first-order valence-electron chi connectivity index (χ1n) is 7.42. The largest absolute Gasteiger partial charge is 0.417 e. The molecule has 0 bridgehead atoms. The van der Waals surface area contributed by atoms with Crippen molar-refractivity contribution in [1.82, 2.24) is 4.98 Å². The Morgan fingerprint density at radius 3 is 2.71 bits per heavy atom. The smallest absolute Gasteiger partial charge is 0.308 e. The van der Waals surface area contributed by atoms with E-state index in [1.807, 2.05) is 31.2 Å². The number of rotatable bonds is 3. The molecule has 1 aromatic carbocycles. The Kier molecular flexibility index (Phi) is 4.54. The summed E-state index contributed by atoms with van der Waals surface area (Å²) in [7, 11) is 0. The van der Waals surface area contributed by atoms with E-state index in [-0.39, 0.29) is 17.7 Å². The molecule has 126 valence electrons. The Bertz CT molecular complexity index is 746. The first-order chi connectivity index (χ1) is 11.4. The molecule has 0 spiro atoms. The number of benzene rings is 1. The van der Waals surface area contributed by atoms with Crippen molar-refractivity contribution in [3.05, 3.63) is 53.7 Å². The van der Waals surface area contributed by atoms with E-state index in [4.69, 9.17) is 0 Å². The van der Waals surface area contributed by atoms with Gasteiger partial charge in [-0.2, -0.15) is 13.2 Å². The molecule has 1 aliphatic rings. The Balaban J connectivity index is 1.66. The molecule has 0 unspecified atom stereocenters. The molecule has 0 radical (unpaired) electrons. The SMILES string of the molecule is C[C@H]1Cc2ccccc2N1C(=O)CSc1ccc(C(F)(F)F)cn1. The van der Waals surface area contributed by atoms with Crippen LogP contribution in [-0.4, -0.2) is 22.7 Å². The number of alkyl halides is 3. The number of fused-ring (bicyclic) bond motifs is 1. The summed E-state index contributed by atoms with van der Waals surface area (Å²) in [6.07, 6.45) is -2.80. The third-order valence-corrected chi connectivity index (χ3v) is 4.81. The zero-order chi connectivity index (χ0) is 17.3. The number of carbonyl (C=O) groups excluding carboxylic acids is 1. The van der Waals surface area contributed by atoms with Crippen molar-refractivity contribution >= 4 is 23.4 Å². The molecule has 1 atom stereocenters. The fraction of sp³-hybridized carbons (Fsp3) is 0.294. The van der Waals surface area contributed by atoms with E-state index in [0.29, 0.717) is 5.03 Å². The summed E-state index contributed by atoms with van der Waals surface area (Å²) in [6.45, 7) is 1.99. The van der Waals surface area contributed by atoms with Crippen LogP contribution in [0.2, 0.25) is 0 Å². The number of amides is 1. The van der Waals surface area contributed by atoms with E-state index < -0.39 is 11.7 Å². The highest BCUT2D eigenvalue weighted by Gasteiger charge is 2.31. The molecule has 2 aromatic rings. The van der Waals surface area contributed by atoms with Gasteiger partial charge in [-0.1, -0.05) is 30.0 Å². The number of pyridine rings is 1. The van der Waals surface area contributed by atoms with Gasteiger partial charge < -0.3 is 4.90 Å². The van der Waals surface area contributed by atoms with Crippen molar-refractivity contribution in [2.75, 3.05) is 10.7 Å². The van der Waals surface area contributed by atoms with Gasteiger partial charge in [-0.15, -0.1) is 0 Å². The number of halogens is 3. The van der Waals surface area contributed by atoms with Crippen LogP contribution in [0.5, 0.6) is 0 Å². The lowest BCUT2D eigenvalue weighted by molar-refractivity contribution is -0.137. The average Bonchev–Trinajstić information content (AvgIpc) is 2.88. The van der Waals surface area contributed by atoms with Crippen LogP contribution in [0.15, 0.2) is 47.6 Å². The number of thioether (sulfide) groups is 1. The van der Waals surface area contributed by atoms with E-state index in [9.17, 15) is 18.0 Å². The van der Waals surface area contributed by atoms with Crippen LogP contribution in [-0.2, 0) is 17.4 Å². The van der Waals surface area contributed by atoms with Gasteiger partial charge in [-0.25, -0.2) is 4.98 Å². The van der Waals surface area contributed by atoms with E-state index in [2.05, 4.69) is 4.98 Å². The lowest BCUT2D eigenvalue weighted by Gasteiger charge is -2.22. The number of hydrogen-bond donors (Lipinski definition) is 0. The minimum Gasteiger partial charge on any atom is -0.308 e. The lowest BCUT2D eigenvalue weighted by atomic mass is 10.1. The lowest BCUT2D eigenvalue weighted by Crippen LogP contribution is -2.36. The van der Waals surface area contributed by atoms with Gasteiger partial charge >= 0.3 is 6.18 Å². The monoisotopic (exact) mass is 352 g/mol. The van der Waals surface area contributed by atoms with Crippen molar-refractivity contribution < 1.29 is 18.0 Å². The summed E-state index contributed by atoms with van der Waals surface area (Å²) in [6, 6.07) is 10.1. The van der Waals surface area contributed by atoms with E-state index in [0.717, 1.165) is 41.7 Å². The van der Waals surface area contributed by atoms with E-state index in [1.54, 1.807) is 4.90 Å². The molecule has 2 heterocycles. The minimum atomic E-state index is -4.40. The van der Waals surface area contributed by atoms with Gasteiger partial charge in [-0.3, -0.25) is 4.79 Å². The van der Waals surface area contributed by atoms with E-state index in [1.165, 1.54) is 6.07 Å². The molecule has 1 aromatic heterocycles. The third-order valence-electron chi connectivity index (χ3n) is 3.88. The Labute approximate surface area is 141 Å². The molecular formula is C17H15F3N2OS. The number of hydrogen-bond acceptors (Lipinski definition) is 3. The highest BCUT2D eigenvalue weighted by atomic mass is 32.2. The molecule has 0 saturated heterocycles. The Morgan fingerprint density at radius 1 is 1.29 bits per heavy atom. The standard InChI is InChI=1S/C17H15F3N2OS/c1-11-8-12-4-2-3-5-14(12)22(11)16(23)10-24-15-7-6-13(9-21-15)17(18,19)20/h2-7,9,11H,8,10H2,1H3/t11-/m0/s1. The number of carbonyl (C=O) groups is 1. The van der Waals surface area contributed by atoms with Crippen LogP contribution in [0.1, 0.15) is 18.1 Å². The molecule has 1 aliphatic heterocycles. The van der Waals surface area contributed by atoms with E-state index >= 15 is 0 Å². The molecule has 1 amide bonds. The Hall–Kier alpha value is -2.02. The van der Waals surface area contributed by atoms with Gasteiger partial charge in [0.2, 0.25) is 5.91 Å². The van der Waals surface area contributed by atoms with Gasteiger partial charge in [0.25, 0.3) is 0 Å². The normalized spacial score (nSPS) is 17.0. The predicted molar refractivity (Wildman–Crippen MR) is 87.1 cm³/mol. The molecule has 3 rings (SSSR count). The Morgan fingerprint density at radius 2 is 2.04 bits per heavy atom. The molecule has 0 N–H and O–H groups in total. The predicted octanol–water partition coefficient (Wildman–Crippen LogP) is 4.17. The maximum atomic E-state index is 12.5. The first kappa shape index (κ1) is 16.8. The van der Waals surface area contributed by atoms with Crippen LogP contribution in [0.4, 0.5) is 18.9 Å². The fourth-order valence-corrected chi connectivity index (χ4v) is 3.49. The van der Waals surface area contributed by atoms with Gasteiger partial charge in [0.15, 0.2) is 0 Å². The quantitative estimate of drug-likeness (QED) is 0.778. The molecule has 3 nitrogen and oxygen atoms in total. The highest BCUT2D eigenvalue weighted by Crippen LogP contribution is 2.33. The maximum Gasteiger partial charge on any atom is 0.417 e. The zero-order valence-electron chi connectivity index (χ0n) is 12.9. The number of aromatic nitrogens is 1. The van der Waals surface area contributed by atoms with Crippen LogP contribution in [0.3, 0.4) is 0 Å². The van der Waals surface area contributed by atoms with Crippen LogP contribution in [0, 0.1) is 0 Å². The second-order valence-electron chi connectivity index (χ2n) is 5.62.